The summed E-state index contributed by atoms with van der Waals surface area (Å²) in [5, 5.41) is 14.8. The Kier molecular flexibility index (Phi) is 5.85. The van der Waals surface area contributed by atoms with Crippen molar-refractivity contribution in [3.63, 3.8) is 0 Å². The van der Waals surface area contributed by atoms with Crippen LogP contribution in [0.2, 0.25) is 0 Å². The van der Waals surface area contributed by atoms with Crippen LogP contribution in [0, 0.1) is 0 Å². The Morgan fingerprint density at radius 1 is 0.926 bits per heavy atom. The number of halogens is 3. The Hall–Kier alpha value is -2.54. The van der Waals surface area contributed by atoms with Crippen LogP contribution in [0.4, 0.5) is 23.7 Å². The van der Waals surface area contributed by atoms with Gasteiger partial charge in [-0.1, -0.05) is 63.2 Å². The van der Waals surface area contributed by atoms with Gasteiger partial charge in [0.2, 0.25) is 5.60 Å². The fourth-order valence-electron chi connectivity index (χ4n) is 2.52. The zero-order valence-electron chi connectivity index (χ0n) is 15.4. The van der Waals surface area contributed by atoms with E-state index in [4.69, 9.17) is 0 Å². The summed E-state index contributed by atoms with van der Waals surface area (Å²) in [7, 11) is 0. The van der Waals surface area contributed by atoms with Gasteiger partial charge in [-0.05, 0) is 28.7 Å². The standard InChI is InChI=1S/C20H23F3N2O2/c1-18(2,3)14-9-11-16(12-10-14)25-17(26)24-13-19(27,20(21,22)23)15-7-5-4-6-8-15/h4-12,27H,13H2,1-3H3,(H2,24,25,26). The predicted molar refractivity (Wildman–Crippen MR) is 98.6 cm³/mol. The molecule has 2 amide bonds. The van der Waals surface area contributed by atoms with E-state index in [0.29, 0.717) is 5.69 Å². The third-order valence-corrected chi connectivity index (χ3v) is 4.23. The van der Waals surface area contributed by atoms with Gasteiger partial charge in [0.1, 0.15) is 0 Å². The second kappa shape index (κ2) is 7.60. The molecule has 0 aromatic heterocycles. The summed E-state index contributed by atoms with van der Waals surface area (Å²) < 4.78 is 40.2. The van der Waals surface area contributed by atoms with Crippen LogP contribution in [0.3, 0.4) is 0 Å². The molecule has 1 unspecified atom stereocenters. The van der Waals surface area contributed by atoms with Crippen molar-refractivity contribution in [2.45, 2.75) is 38.0 Å². The van der Waals surface area contributed by atoms with E-state index in [1.807, 2.05) is 32.9 Å². The van der Waals surface area contributed by atoms with Gasteiger partial charge in [0, 0.05) is 5.69 Å². The number of nitrogens with one attached hydrogen (secondary N) is 2. The van der Waals surface area contributed by atoms with E-state index in [2.05, 4.69) is 10.6 Å². The van der Waals surface area contributed by atoms with Gasteiger partial charge < -0.3 is 15.7 Å². The Labute approximate surface area is 156 Å². The number of anilines is 1. The number of aliphatic hydroxyl groups is 1. The van der Waals surface area contributed by atoms with E-state index in [1.165, 1.54) is 12.1 Å². The Balaban J connectivity index is 2.06. The van der Waals surface area contributed by atoms with Gasteiger partial charge in [-0.25, -0.2) is 4.79 Å². The highest BCUT2D eigenvalue weighted by atomic mass is 19.4. The maximum Gasteiger partial charge on any atom is 0.423 e. The molecule has 0 bridgehead atoms. The lowest BCUT2D eigenvalue weighted by Crippen LogP contribution is -2.51. The quantitative estimate of drug-likeness (QED) is 0.728. The lowest BCUT2D eigenvalue weighted by molar-refractivity contribution is -0.263. The number of alkyl halides is 3. The summed E-state index contributed by atoms with van der Waals surface area (Å²) in [6, 6.07) is 12.8. The Bertz CT molecular complexity index is 769. The number of hydrogen-bond acceptors (Lipinski definition) is 2. The highest BCUT2D eigenvalue weighted by molar-refractivity contribution is 5.89. The van der Waals surface area contributed by atoms with Crippen molar-refractivity contribution in [1.82, 2.24) is 5.32 Å². The van der Waals surface area contributed by atoms with Crippen LogP contribution in [0.5, 0.6) is 0 Å². The fraction of sp³-hybridized carbons (Fsp3) is 0.350. The molecule has 2 rings (SSSR count). The van der Waals surface area contributed by atoms with Crippen LogP contribution < -0.4 is 10.6 Å². The van der Waals surface area contributed by atoms with Crippen molar-refractivity contribution >= 4 is 11.7 Å². The molecule has 146 valence electrons. The molecule has 0 heterocycles. The third kappa shape index (κ3) is 5.01. The summed E-state index contributed by atoms with van der Waals surface area (Å²) in [5.41, 5.74) is -2.08. The lowest BCUT2D eigenvalue weighted by Gasteiger charge is -2.31. The Morgan fingerprint density at radius 3 is 1.96 bits per heavy atom. The van der Waals surface area contributed by atoms with Gasteiger partial charge in [0.15, 0.2) is 0 Å². The minimum atomic E-state index is -4.95. The van der Waals surface area contributed by atoms with Crippen molar-refractivity contribution < 1.29 is 23.1 Å². The molecule has 27 heavy (non-hydrogen) atoms. The molecular weight excluding hydrogens is 357 g/mol. The number of hydrogen-bond donors (Lipinski definition) is 3. The lowest BCUT2D eigenvalue weighted by atomic mass is 9.87. The van der Waals surface area contributed by atoms with Crippen molar-refractivity contribution in [3.05, 3.63) is 65.7 Å². The summed E-state index contributed by atoms with van der Waals surface area (Å²) in [6.45, 7) is 5.13. The van der Waals surface area contributed by atoms with Gasteiger partial charge in [-0.3, -0.25) is 0 Å². The van der Waals surface area contributed by atoms with E-state index >= 15 is 0 Å². The molecule has 0 saturated carbocycles. The molecule has 0 radical (unpaired) electrons. The number of rotatable bonds is 4. The maximum absolute atomic E-state index is 13.4. The smallest absolute Gasteiger partial charge is 0.375 e. The molecule has 0 spiro atoms. The molecule has 2 aromatic rings. The molecule has 0 aliphatic rings. The first-order valence-electron chi connectivity index (χ1n) is 8.43. The van der Waals surface area contributed by atoms with E-state index in [9.17, 15) is 23.1 Å². The average molecular weight is 380 g/mol. The van der Waals surface area contributed by atoms with Crippen LogP contribution in [0.25, 0.3) is 0 Å². The molecule has 4 nitrogen and oxygen atoms in total. The number of carbonyl (C=O) groups is 1. The van der Waals surface area contributed by atoms with Crippen molar-refractivity contribution in [2.24, 2.45) is 0 Å². The summed E-state index contributed by atoms with van der Waals surface area (Å²) >= 11 is 0. The third-order valence-electron chi connectivity index (χ3n) is 4.23. The first-order chi connectivity index (χ1) is 12.4. The van der Waals surface area contributed by atoms with Crippen molar-refractivity contribution in [1.29, 1.82) is 0 Å². The van der Waals surface area contributed by atoms with E-state index in [-0.39, 0.29) is 11.0 Å². The van der Waals surface area contributed by atoms with Crippen LogP contribution in [-0.2, 0) is 11.0 Å². The summed E-state index contributed by atoms with van der Waals surface area (Å²) in [4.78, 5) is 12.0. The van der Waals surface area contributed by atoms with Crippen molar-refractivity contribution in [3.8, 4) is 0 Å². The van der Waals surface area contributed by atoms with Gasteiger partial charge >= 0.3 is 12.2 Å². The van der Waals surface area contributed by atoms with Gasteiger partial charge in [0.05, 0.1) is 6.54 Å². The summed E-state index contributed by atoms with van der Waals surface area (Å²) in [5.74, 6) is 0. The molecule has 0 fully saturated rings. The molecule has 2 aromatic carbocycles. The SMILES string of the molecule is CC(C)(C)c1ccc(NC(=O)NCC(O)(c2ccccc2)C(F)(F)F)cc1. The van der Waals surface area contributed by atoms with Gasteiger partial charge in [-0.15, -0.1) is 0 Å². The Morgan fingerprint density at radius 2 is 1.48 bits per heavy atom. The molecule has 0 saturated heterocycles. The first-order valence-corrected chi connectivity index (χ1v) is 8.43. The fourth-order valence-corrected chi connectivity index (χ4v) is 2.52. The van der Waals surface area contributed by atoms with Crippen LogP contribution >= 0.6 is 0 Å². The second-order valence-electron chi connectivity index (χ2n) is 7.36. The minimum absolute atomic E-state index is 0.0559. The normalized spacial score (nSPS) is 14.3. The molecule has 3 N–H and O–H groups in total. The highest BCUT2D eigenvalue weighted by Gasteiger charge is 2.55. The monoisotopic (exact) mass is 380 g/mol. The molecule has 1 atom stereocenters. The topological polar surface area (TPSA) is 61.4 Å². The van der Waals surface area contributed by atoms with Crippen molar-refractivity contribution in [2.75, 3.05) is 11.9 Å². The van der Waals surface area contributed by atoms with Gasteiger partial charge in [0.25, 0.3) is 0 Å². The zero-order valence-corrected chi connectivity index (χ0v) is 15.4. The number of amides is 2. The van der Waals surface area contributed by atoms with Crippen LogP contribution in [0.1, 0.15) is 31.9 Å². The van der Waals surface area contributed by atoms with Gasteiger partial charge in [-0.2, -0.15) is 13.2 Å². The first kappa shape index (κ1) is 20.8. The summed E-state index contributed by atoms with van der Waals surface area (Å²) in [6.07, 6.45) is -4.95. The average Bonchev–Trinajstić information content (AvgIpc) is 2.59. The second-order valence-corrected chi connectivity index (χ2v) is 7.36. The zero-order chi connectivity index (χ0) is 20.3. The van der Waals surface area contributed by atoms with E-state index in [1.54, 1.807) is 18.2 Å². The number of urea groups is 1. The number of carbonyl (C=O) groups excluding carboxylic acids is 1. The molecule has 0 aliphatic carbocycles. The predicted octanol–water partition coefficient (Wildman–Crippen LogP) is 4.56. The largest absolute Gasteiger partial charge is 0.423 e. The van der Waals surface area contributed by atoms with E-state index < -0.39 is 24.4 Å². The minimum Gasteiger partial charge on any atom is -0.375 e. The molecular formula is C20H23F3N2O2. The molecule has 0 aliphatic heterocycles. The number of benzene rings is 2. The van der Waals surface area contributed by atoms with Crippen LogP contribution in [0.15, 0.2) is 54.6 Å². The molecule has 7 heteroatoms. The van der Waals surface area contributed by atoms with E-state index in [0.717, 1.165) is 17.7 Å². The highest BCUT2D eigenvalue weighted by Crippen LogP contribution is 2.38. The maximum atomic E-state index is 13.4. The van der Waals surface area contributed by atoms with Crippen LogP contribution in [-0.4, -0.2) is 23.9 Å².